The summed E-state index contributed by atoms with van der Waals surface area (Å²) in [6.07, 6.45) is 0.910. The Kier molecular flexibility index (Phi) is 4.79. The average Bonchev–Trinajstić information content (AvgIpc) is 2.35. The molecule has 0 aromatic carbocycles. The summed E-state index contributed by atoms with van der Waals surface area (Å²) in [5.74, 6) is -0.623. The summed E-state index contributed by atoms with van der Waals surface area (Å²) in [4.78, 5) is 37.7. The first-order valence-corrected chi connectivity index (χ1v) is 5.80. The lowest BCUT2D eigenvalue weighted by atomic mass is 10.2. The fraction of sp³-hybridized carbons (Fsp3) is 0.385. The number of esters is 1. The molecule has 0 saturated heterocycles. The highest BCUT2D eigenvalue weighted by atomic mass is 16.6. The zero-order valence-corrected chi connectivity index (χ0v) is 11.7. The van der Waals surface area contributed by atoms with Crippen LogP contribution in [0.25, 0.3) is 0 Å². The fourth-order valence-corrected chi connectivity index (χ4v) is 1.31. The quantitative estimate of drug-likeness (QED) is 0.672. The number of nitrogens with zero attached hydrogens (tertiary/aromatic N) is 1. The van der Waals surface area contributed by atoms with Gasteiger partial charge in [-0.05, 0) is 26.8 Å². The van der Waals surface area contributed by atoms with Gasteiger partial charge in [0, 0.05) is 6.20 Å². The Bertz CT molecular complexity index is 534. The van der Waals surface area contributed by atoms with E-state index in [1.165, 1.54) is 19.4 Å². The zero-order chi connectivity index (χ0) is 15.3. The van der Waals surface area contributed by atoms with Gasteiger partial charge in [-0.2, -0.15) is 0 Å². The maximum atomic E-state index is 11.7. The van der Waals surface area contributed by atoms with Gasteiger partial charge >= 0.3 is 12.1 Å². The van der Waals surface area contributed by atoms with E-state index in [9.17, 15) is 14.4 Å². The van der Waals surface area contributed by atoms with Crippen molar-refractivity contribution in [3.8, 4) is 0 Å². The van der Waals surface area contributed by atoms with E-state index in [0.29, 0.717) is 6.29 Å². The van der Waals surface area contributed by atoms with E-state index in [1.54, 1.807) is 20.8 Å². The van der Waals surface area contributed by atoms with E-state index < -0.39 is 17.7 Å². The van der Waals surface area contributed by atoms with Crippen LogP contribution in [0.1, 0.15) is 41.6 Å². The summed E-state index contributed by atoms with van der Waals surface area (Å²) < 4.78 is 9.60. The first-order chi connectivity index (χ1) is 9.26. The Morgan fingerprint density at radius 1 is 1.35 bits per heavy atom. The Morgan fingerprint density at radius 2 is 2.00 bits per heavy atom. The molecule has 7 nitrogen and oxygen atoms in total. The second-order valence-corrected chi connectivity index (χ2v) is 4.89. The van der Waals surface area contributed by atoms with Crippen molar-refractivity contribution < 1.29 is 23.9 Å². The number of carbonyl (C=O) groups excluding carboxylic acids is 3. The van der Waals surface area contributed by atoms with Gasteiger partial charge in [0.15, 0.2) is 6.29 Å². The monoisotopic (exact) mass is 280 g/mol. The minimum absolute atomic E-state index is 0.0106. The molecule has 1 heterocycles. The van der Waals surface area contributed by atoms with Crippen LogP contribution in [0.2, 0.25) is 0 Å². The molecule has 7 heteroatoms. The topological polar surface area (TPSA) is 94.6 Å². The molecule has 1 aromatic rings. The molecular formula is C13H16N2O5. The van der Waals surface area contributed by atoms with Crippen molar-refractivity contribution in [1.82, 2.24) is 4.98 Å². The van der Waals surface area contributed by atoms with Crippen LogP contribution in [0.5, 0.6) is 0 Å². The number of aromatic nitrogens is 1. The summed E-state index contributed by atoms with van der Waals surface area (Å²) in [5.41, 5.74) is -0.497. The third kappa shape index (κ3) is 4.34. The first-order valence-electron chi connectivity index (χ1n) is 5.80. The number of methoxy groups -OCH3 is 1. The van der Waals surface area contributed by atoms with Crippen molar-refractivity contribution in [2.75, 3.05) is 12.4 Å². The second-order valence-electron chi connectivity index (χ2n) is 4.89. The van der Waals surface area contributed by atoms with E-state index in [-0.39, 0.29) is 16.9 Å². The van der Waals surface area contributed by atoms with E-state index in [2.05, 4.69) is 15.0 Å². The average molecular weight is 280 g/mol. The number of carbonyl (C=O) groups is 3. The van der Waals surface area contributed by atoms with Gasteiger partial charge in [-0.25, -0.2) is 9.59 Å². The maximum Gasteiger partial charge on any atom is 0.412 e. The van der Waals surface area contributed by atoms with Crippen molar-refractivity contribution in [1.29, 1.82) is 0 Å². The van der Waals surface area contributed by atoms with Gasteiger partial charge in [-0.15, -0.1) is 0 Å². The van der Waals surface area contributed by atoms with Crippen LogP contribution in [0.4, 0.5) is 10.5 Å². The van der Waals surface area contributed by atoms with Gasteiger partial charge in [0.1, 0.15) is 11.3 Å². The van der Waals surface area contributed by atoms with Crippen molar-refractivity contribution in [2.24, 2.45) is 0 Å². The van der Waals surface area contributed by atoms with Crippen molar-refractivity contribution in [3.63, 3.8) is 0 Å². The summed E-state index contributed by atoms with van der Waals surface area (Å²) in [6, 6.07) is 1.30. The molecular weight excluding hydrogens is 264 g/mol. The number of ether oxygens (including phenoxy) is 2. The molecule has 0 aliphatic heterocycles. The zero-order valence-electron chi connectivity index (χ0n) is 11.7. The van der Waals surface area contributed by atoms with Crippen LogP contribution in [0.3, 0.4) is 0 Å². The first kappa shape index (κ1) is 15.6. The molecule has 0 spiro atoms. The predicted octanol–water partition coefficient (Wildman–Crippen LogP) is 2.03. The van der Waals surface area contributed by atoms with Crippen LogP contribution in [0.15, 0.2) is 12.3 Å². The molecule has 0 aliphatic carbocycles. The molecule has 0 bridgehead atoms. The predicted molar refractivity (Wildman–Crippen MR) is 70.8 cm³/mol. The number of anilines is 1. The molecule has 0 unspecified atom stereocenters. The lowest BCUT2D eigenvalue weighted by molar-refractivity contribution is 0.0595. The van der Waals surface area contributed by atoms with Crippen LogP contribution in [0, 0.1) is 0 Å². The Hall–Kier alpha value is -2.44. The minimum atomic E-state index is -0.746. The van der Waals surface area contributed by atoms with E-state index in [4.69, 9.17) is 4.74 Å². The number of rotatable bonds is 3. The molecule has 20 heavy (non-hydrogen) atoms. The normalized spacial score (nSPS) is 10.6. The highest BCUT2D eigenvalue weighted by molar-refractivity contribution is 5.96. The molecule has 1 N–H and O–H groups in total. The summed E-state index contributed by atoms with van der Waals surface area (Å²) in [7, 11) is 1.22. The summed E-state index contributed by atoms with van der Waals surface area (Å²) in [5, 5.41) is 2.37. The lowest BCUT2D eigenvalue weighted by Gasteiger charge is -2.20. The Balaban J connectivity index is 3.00. The Labute approximate surface area is 116 Å². The Morgan fingerprint density at radius 3 is 2.50 bits per heavy atom. The standard InChI is InChI=1S/C13H16N2O5/c1-13(2,3)20-12(18)15-9-5-8(11(17)19-4)6-14-10(9)7-16/h5-7H,1-4H3,(H,15,18). The van der Waals surface area contributed by atoms with Crippen molar-refractivity contribution in [3.05, 3.63) is 23.5 Å². The lowest BCUT2D eigenvalue weighted by Crippen LogP contribution is -2.27. The van der Waals surface area contributed by atoms with E-state index >= 15 is 0 Å². The van der Waals surface area contributed by atoms with Crippen LogP contribution < -0.4 is 5.32 Å². The second kappa shape index (κ2) is 6.14. The molecule has 1 rings (SSSR count). The van der Waals surface area contributed by atoms with Crippen LogP contribution in [-0.2, 0) is 9.47 Å². The van der Waals surface area contributed by atoms with Gasteiger partial charge in [-0.1, -0.05) is 0 Å². The van der Waals surface area contributed by atoms with Crippen molar-refractivity contribution >= 4 is 24.0 Å². The molecule has 0 fully saturated rings. The summed E-state index contributed by atoms with van der Waals surface area (Å²) >= 11 is 0. The minimum Gasteiger partial charge on any atom is -0.465 e. The van der Waals surface area contributed by atoms with Crippen LogP contribution in [-0.4, -0.2) is 36.0 Å². The number of hydrogen-bond donors (Lipinski definition) is 1. The molecule has 0 atom stereocenters. The number of hydrogen-bond acceptors (Lipinski definition) is 6. The highest BCUT2D eigenvalue weighted by Gasteiger charge is 2.18. The number of aldehydes is 1. The molecule has 0 radical (unpaired) electrons. The molecule has 1 amide bonds. The van der Waals surface area contributed by atoms with Gasteiger partial charge in [0.05, 0.1) is 18.4 Å². The van der Waals surface area contributed by atoms with E-state index in [1.807, 2.05) is 0 Å². The maximum absolute atomic E-state index is 11.7. The molecule has 0 saturated carbocycles. The number of pyridine rings is 1. The number of amides is 1. The van der Waals surface area contributed by atoms with Gasteiger partial charge in [0.2, 0.25) is 0 Å². The largest absolute Gasteiger partial charge is 0.465 e. The van der Waals surface area contributed by atoms with Gasteiger partial charge in [0.25, 0.3) is 0 Å². The SMILES string of the molecule is COC(=O)c1cnc(C=O)c(NC(=O)OC(C)(C)C)c1. The third-order valence-electron chi connectivity index (χ3n) is 2.09. The highest BCUT2D eigenvalue weighted by Crippen LogP contribution is 2.16. The smallest absolute Gasteiger partial charge is 0.412 e. The molecule has 108 valence electrons. The fourth-order valence-electron chi connectivity index (χ4n) is 1.31. The number of nitrogens with one attached hydrogen (secondary N) is 1. The van der Waals surface area contributed by atoms with E-state index in [0.717, 1.165) is 0 Å². The summed E-state index contributed by atoms with van der Waals surface area (Å²) in [6.45, 7) is 5.11. The molecule has 0 aliphatic rings. The van der Waals surface area contributed by atoms with Crippen molar-refractivity contribution in [2.45, 2.75) is 26.4 Å². The molecule has 1 aromatic heterocycles. The third-order valence-corrected chi connectivity index (χ3v) is 2.09. The van der Waals surface area contributed by atoms with Gasteiger partial charge < -0.3 is 9.47 Å². The van der Waals surface area contributed by atoms with Gasteiger partial charge in [-0.3, -0.25) is 15.1 Å². The van der Waals surface area contributed by atoms with Crippen LogP contribution >= 0.6 is 0 Å².